The van der Waals surface area contributed by atoms with Crippen molar-refractivity contribution in [2.75, 3.05) is 0 Å². The van der Waals surface area contributed by atoms with Crippen LogP contribution in [0.4, 0.5) is 0 Å². The second-order valence-electron chi connectivity index (χ2n) is 8.96. The number of nitrogens with zero attached hydrogens (tertiary/aromatic N) is 5. The highest BCUT2D eigenvalue weighted by atomic mass is 16.2. The van der Waals surface area contributed by atoms with E-state index in [0.29, 0.717) is 18.5 Å². The normalized spacial score (nSPS) is 18.3. The van der Waals surface area contributed by atoms with Crippen LogP contribution in [0.5, 0.6) is 0 Å². The SMILES string of the molecule is Cc1cc2cc(CN(C(=O)C3CCC3)C3CCCCC3)c3nnnn3c2cc1C. The highest BCUT2D eigenvalue weighted by Gasteiger charge is 2.34. The zero-order valence-corrected chi connectivity index (χ0v) is 17.4. The number of carbonyl (C=O) groups excluding carboxylic acids is 1. The lowest BCUT2D eigenvalue weighted by molar-refractivity contribution is -0.142. The van der Waals surface area contributed by atoms with E-state index in [9.17, 15) is 4.79 Å². The van der Waals surface area contributed by atoms with E-state index in [1.165, 1.54) is 36.8 Å². The molecule has 2 aromatic heterocycles. The Hall–Kier alpha value is -2.50. The molecule has 1 aromatic carbocycles. The molecule has 0 N–H and O–H groups in total. The Balaban J connectivity index is 1.57. The Kier molecular flexibility index (Phi) is 4.72. The number of amides is 1. The molecular formula is C23H29N5O. The summed E-state index contributed by atoms with van der Waals surface area (Å²) in [5.74, 6) is 0.559. The molecule has 0 radical (unpaired) electrons. The summed E-state index contributed by atoms with van der Waals surface area (Å²) in [6.07, 6.45) is 9.22. The number of hydrogen-bond acceptors (Lipinski definition) is 4. The van der Waals surface area contributed by atoms with Crippen LogP contribution in [0.25, 0.3) is 16.6 Å². The van der Waals surface area contributed by atoms with Crippen molar-refractivity contribution >= 4 is 22.5 Å². The lowest BCUT2D eigenvalue weighted by Gasteiger charge is -2.38. The summed E-state index contributed by atoms with van der Waals surface area (Å²) in [6.45, 7) is 4.85. The van der Waals surface area contributed by atoms with Gasteiger partial charge in [0, 0.05) is 29.5 Å². The fourth-order valence-electron chi connectivity index (χ4n) is 4.89. The smallest absolute Gasteiger partial charge is 0.226 e. The molecule has 0 aliphatic heterocycles. The topological polar surface area (TPSA) is 63.4 Å². The summed E-state index contributed by atoms with van der Waals surface area (Å²) in [6, 6.07) is 6.89. The molecule has 3 aromatic rings. The van der Waals surface area contributed by atoms with Gasteiger partial charge in [0.15, 0.2) is 5.65 Å². The van der Waals surface area contributed by atoms with E-state index in [4.69, 9.17) is 0 Å². The van der Waals surface area contributed by atoms with Crippen molar-refractivity contribution in [2.24, 2.45) is 5.92 Å². The average Bonchev–Trinajstić information content (AvgIpc) is 3.17. The van der Waals surface area contributed by atoms with Crippen molar-refractivity contribution < 1.29 is 4.79 Å². The van der Waals surface area contributed by atoms with Crippen molar-refractivity contribution in [3.8, 4) is 0 Å². The Morgan fingerprint density at radius 3 is 2.52 bits per heavy atom. The Labute approximate surface area is 171 Å². The lowest BCUT2D eigenvalue weighted by atomic mass is 9.83. The Bertz CT molecular complexity index is 1060. The van der Waals surface area contributed by atoms with Crippen LogP contribution in [0, 0.1) is 19.8 Å². The summed E-state index contributed by atoms with van der Waals surface area (Å²) in [5, 5.41) is 13.7. The van der Waals surface area contributed by atoms with Crippen molar-refractivity contribution in [3.05, 3.63) is 34.9 Å². The van der Waals surface area contributed by atoms with Gasteiger partial charge in [-0.05, 0) is 79.3 Å². The van der Waals surface area contributed by atoms with Crippen molar-refractivity contribution in [1.29, 1.82) is 0 Å². The minimum Gasteiger partial charge on any atom is -0.335 e. The largest absolute Gasteiger partial charge is 0.335 e. The molecule has 0 atom stereocenters. The van der Waals surface area contributed by atoms with Crippen LogP contribution in [0.15, 0.2) is 18.2 Å². The quantitative estimate of drug-likeness (QED) is 0.663. The zero-order valence-electron chi connectivity index (χ0n) is 17.4. The second kappa shape index (κ2) is 7.39. The van der Waals surface area contributed by atoms with E-state index in [-0.39, 0.29) is 5.92 Å². The monoisotopic (exact) mass is 391 g/mol. The zero-order chi connectivity index (χ0) is 20.0. The number of rotatable bonds is 4. The third-order valence-electron chi connectivity index (χ3n) is 7.05. The van der Waals surface area contributed by atoms with E-state index < -0.39 is 0 Å². The molecule has 152 valence electrons. The van der Waals surface area contributed by atoms with Crippen LogP contribution in [-0.4, -0.2) is 36.9 Å². The summed E-state index contributed by atoms with van der Waals surface area (Å²) < 4.78 is 1.84. The van der Waals surface area contributed by atoms with E-state index in [1.807, 2.05) is 4.52 Å². The van der Waals surface area contributed by atoms with E-state index in [1.54, 1.807) is 0 Å². The van der Waals surface area contributed by atoms with Gasteiger partial charge in [0.25, 0.3) is 0 Å². The molecule has 29 heavy (non-hydrogen) atoms. The number of pyridine rings is 1. The minimum atomic E-state index is 0.217. The van der Waals surface area contributed by atoms with Crippen molar-refractivity contribution in [1.82, 2.24) is 24.9 Å². The molecule has 0 saturated heterocycles. The van der Waals surface area contributed by atoms with Crippen LogP contribution in [-0.2, 0) is 11.3 Å². The maximum atomic E-state index is 13.3. The maximum absolute atomic E-state index is 13.3. The van der Waals surface area contributed by atoms with Crippen LogP contribution in [0.1, 0.15) is 68.1 Å². The molecule has 0 unspecified atom stereocenters. The van der Waals surface area contributed by atoms with Crippen LogP contribution >= 0.6 is 0 Å². The third kappa shape index (κ3) is 3.28. The van der Waals surface area contributed by atoms with Crippen LogP contribution in [0.3, 0.4) is 0 Å². The van der Waals surface area contributed by atoms with Gasteiger partial charge in [0.1, 0.15) is 0 Å². The lowest BCUT2D eigenvalue weighted by Crippen LogP contribution is -2.45. The summed E-state index contributed by atoms with van der Waals surface area (Å²) in [7, 11) is 0. The van der Waals surface area contributed by atoms with Gasteiger partial charge in [0.2, 0.25) is 5.91 Å². The van der Waals surface area contributed by atoms with Crippen LogP contribution in [0.2, 0.25) is 0 Å². The van der Waals surface area contributed by atoms with E-state index >= 15 is 0 Å². The average molecular weight is 392 g/mol. The first-order valence-electron chi connectivity index (χ1n) is 11.0. The van der Waals surface area contributed by atoms with Gasteiger partial charge in [-0.3, -0.25) is 4.79 Å². The first-order valence-corrected chi connectivity index (χ1v) is 11.0. The summed E-state index contributed by atoms with van der Waals surface area (Å²) in [4.78, 5) is 15.5. The van der Waals surface area contributed by atoms with Crippen molar-refractivity contribution in [2.45, 2.75) is 77.8 Å². The predicted molar refractivity (Wildman–Crippen MR) is 113 cm³/mol. The standard InChI is InChI=1S/C23H29N5O/c1-15-11-18-13-19(22-24-25-26-28(22)21(18)12-16(15)2)14-27(20-9-4-3-5-10-20)23(29)17-7-6-8-17/h11-13,17,20H,3-10,14H2,1-2H3. The van der Waals surface area contributed by atoms with Gasteiger partial charge < -0.3 is 4.90 Å². The summed E-state index contributed by atoms with van der Waals surface area (Å²) in [5.41, 5.74) is 5.31. The second-order valence-corrected chi connectivity index (χ2v) is 8.96. The number of hydrogen-bond donors (Lipinski definition) is 0. The minimum absolute atomic E-state index is 0.217. The highest BCUT2D eigenvalue weighted by molar-refractivity contribution is 5.85. The molecule has 1 amide bonds. The van der Waals surface area contributed by atoms with Crippen molar-refractivity contribution in [3.63, 3.8) is 0 Å². The molecular weight excluding hydrogens is 362 g/mol. The number of benzene rings is 1. The molecule has 6 heteroatoms. The molecule has 2 aliphatic rings. The summed E-state index contributed by atoms with van der Waals surface area (Å²) >= 11 is 0. The Morgan fingerprint density at radius 2 is 1.79 bits per heavy atom. The van der Waals surface area contributed by atoms with Gasteiger partial charge in [-0.2, -0.15) is 4.52 Å². The number of fused-ring (bicyclic) bond motifs is 3. The van der Waals surface area contributed by atoms with Gasteiger partial charge in [-0.15, -0.1) is 5.10 Å². The number of aromatic nitrogens is 4. The molecule has 2 fully saturated rings. The maximum Gasteiger partial charge on any atom is 0.226 e. The highest BCUT2D eigenvalue weighted by Crippen LogP contribution is 2.33. The van der Waals surface area contributed by atoms with Gasteiger partial charge in [0.05, 0.1) is 5.52 Å². The third-order valence-corrected chi connectivity index (χ3v) is 7.05. The van der Waals surface area contributed by atoms with Gasteiger partial charge >= 0.3 is 0 Å². The molecule has 5 rings (SSSR count). The first kappa shape index (κ1) is 18.5. The molecule has 2 heterocycles. The molecule has 2 saturated carbocycles. The molecule has 0 spiro atoms. The van der Waals surface area contributed by atoms with Crippen LogP contribution < -0.4 is 0 Å². The number of carbonyl (C=O) groups is 1. The predicted octanol–water partition coefficient (Wildman–Crippen LogP) is 4.36. The molecule has 0 bridgehead atoms. The molecule has 2 aliphatic carbocycles. The fourth-order valence-corrected chi connectivity index (χ4v) is 4.89. The number of aryl methyl sites for hydroxylation is 2. The van der Waals surface area contributed by atoms with Gasteiger partial charge in [-0.1, -0.05) is 25.7 Å². The fraction of sp³-hybridized carbons (Fsp3) is 0.565. The molecule has 6 nitrogen and oxygen atoms in total. The van der Waals surface area contributed by atoms with E-state index in [0.717, 1.165) is 47.8 Å². The van der Waals surface area contributed by atoms with E-state index in [2.05, 4.69) is 52.5 Å². The van der Waals surface area contributed by atoms with Gasteiger partial charge in [-0.25, -0.2) is 0 Å². The Morgan fingerprint density at radius 1 is 1.03 bits per heavy atom. The number of tetrazole rings is 1. The first-order chi connectivity index (χ1) is 14.1.